The molecule has 1 aliphatic carbocycles. The van der Waals surface area contributed by atoms with Crippen LogP contribution in [0.15, 0.2) is 0 Å². The molecule has 0 amide bonds. The van der Waals surface area contributed by atoms with Crippen LogP contribution in [0.3, 0.4) is 0 Å². The maximum absolute atomic E-state index is 12.7. The Morgan fingerprint density at radius 3 is 1.00 bits per heavy atom. The van der Waals surface area contributed by atoms with E-state index in [4.69, 9.17) is 9.47 Å². The number of carbonyl (C=O) groups is 2. The van der Waals surface area contributed by atoms with Gasteiger partial charge >= 0.3 is 11.9 Å². The van der Waals surface area contributed by atoms with Crippen molar-refractivity contribution in [1.82, 2.24) is 0 Å². The quantitative estimate of drug-likeness (QED) is 0.0815. The van der Waals surface area contributed by atoms with Gasteiger partial charge in [0.25, 0.3) is 0 Å². The Hall–Kier alpha value is -1.06. The maximum Gasteiger partial charge on any atom is 0.309 e. The zero-order chi connectivity index (χ0) is 27.5. The molecule has 4 nitrogen and oxygen atoms in total. The van der Waals surface area contributed by atoms with Gasteiger partial charge in [0, 0.05) is 0 Å². The molecule has 0 saturated heterocycles. The molecule has 224 valence electrons. The fourth-order valence-electron chi connectivity index (χ4n) is 5.79. The van der Waals surface area contributed by atoms with Gasteiger partial charge in [0.15, 0.2) is 0 Å². The summed E-state index contributed by atoms with van der Waals surface area (Å²) in [7, 11) is 0. The van der Waals surface area contributed by atoms with Crippen molar-refractivity contribution in [2.75, 3.05) is 13.2 Å². The lowest BCUT2D eigenvalue weighted by Crippen LogP contribution is -2.35. The van der Waals surface area contributed by atoms with E-state index in [1.165, 1.54) is 116 Å². The fraction of sp³-hybridized carbons (Fsp3) is 0.941. The number of ether oxygens (including phenoxy) is 2. The van der Waals surface area contributed by atoms with Crippen LogP contribution in [0.4, 0.5) is 0 Å². The predicted molar refractivity (Wildman–Crippen MR) is 160 cm³/mol. The van der Waals surface area contributed by atoms with E-state index in [-0.39, 0.29) is 23.8 Å². The Balaban J connectivity index is 2.05. The molecule has 0 aromatic heterocycles. The van der Waals surface area contributed by atoms with Crippen molar-refractivity contribution >= 4 is 11.9 Å². The highest BCUT2D eigenvalue weighted by Gasteiger charge is 2.37. The molecule has 1 aliphatic rings. The number of rotatable bonds is 26. The Morgan fingerprint density at radius 1 is 0.447 bits per heavy atom. The second-order valence-corrected chi connectivity index (χ2v) is 11.9. The molecule has 1 saturated carbocycles. The lowest BCUT2D eigenvalue weighted by Gasteiger charge is -2.28. The highest BCUT2D eigenvalue weighted by molar-refractivity contribution is 5.82. The van der Waals surface area contributed by atoms with Crippen molar-refractivity contribution in [1.29, 1.82) is 0 Å². The molecule has 0 N–H and O–H groups in total. The first-order valence-electron chi connectivity index (χ1n) is 17.0. The summed E-state index contributed by atoms with van der Waals surface area (Å²) >= 11 is 0. The molecule has 38 heavy (non-hydrogen) atoms. The van der Waals surface area contributed by atoms with Crippen molar-refractivity contribution in [2.24, 2.45) is 11.8 Å². The third kappa shape index (κ3) is 19.1. The first-order chi connectivity index (χ1) is 18.7. The van der Waals surface area contributed by atoms with Crippen molar-refractivity contribution < 1.29 is 19.1 Å². The molecule has 0 aliphatic heterocycles. The molecule has 0 aromatic rings. The molecule has 2 atom stereocenters. The van der Waals surface area contributed by atoms with E-state index in [1.807, 2.05) is 0 Å². The number of hydrogen-bond donors (Lipinski definition) is 0. The Kier molecular flexibility index (Phi) is 24.1. The van der Waals surface area contributed by atoms with Gasteiger partial charge in [-0.05, 0) is 25.7 Å². The first kappa shape index (κ1) is 35.0. The summed E-state index contributed by atoms with van der Waals surface area (Å²) in [5, 5.41) is 0. The minimum absolute atomic E-state index is 0.173. The standard InChI is InChI=1S/C34H64O4/c1-3-5-7-9-11-13-15-17-19-21-25-29-37-33(35)31-27-23-24-28-32(31)34(36)38-30-26-22-20-18-16-14-12-10-8-6-4-2/h31-32H,3-30H2,1-2H3. The Bertz CT molecular complexity index is 499. The van der Waals surface area contributed by atoms with Gasteiger partial charge in [-0.15, -0.1) is 0 Å². The summed E-state index contributed by atoms with van der Waals surface area (Å²) in [4.78, 5) is 25.5. The summed E-state index contributed by atoms with van der Waals surface area (Å²) in [6, 6.07) is 0. The van der Waals surface area contributed by atoms with Crippen LogP contribution in [0, 0.1) is 11.8 Å². The summed E-state index contributed by atoms with van der Waals surface area (Å²) in [6.07, 6.45) is 31.7. The van der Waals surface area contributed by atoms with Crippen LogP contribution in [0.25, 0.3) is 0 Å². The maximum atomic E-state index is 12.7. The molecule has 0 radical (unpaired) electrons. The van der Waals surface area contributed by atoms with E-state index < -0.39 is 0 Å². The molecule has 2 unspecified atom stereocenters. The van der Waals surface area contributed by atoms with E-state index in [0.717, 1.165) is 51.4 Å². The summed E-state index contributed by atoms with van der Waals surface area (Å²) in [5.74, 6) is -0.954. The smallest absolute Gasteiger partial charge is 0.309 e. The van der Waals surface area contributed by atoms with Crippen molar-refractivity contribution in [3.8, 4) is 0 Å². The summed E-state index contributed by atoms with van der Waals surface area (Å²) in [6.45, 7) is 5.51. The lowest BCUT2D eigenvalue weighted by molar-refractivity contribution is -0.163. The molecular formula is C34H64O4. The molecule has 0 aromatic carbocycles. The zero-order valence-corrected chi connectivity index (χ0v) is 25.6. The van der Waals surface area contributed by atoms with Gasteiger partial charge in [-0.25, -0.2) is 0 Å². The third-order valence-electron chi connectivity index (χ3n) is 8.36. The van der Waals surface area contributed by atoms with Crippen LogP contribution >= 0.6 is 0 Å². The SMILES string of the molecule is CCCCCCCCCCCCCOC(=O)C1CCCCC1C(=O)OCCCCCCCCCCCCC. The molecular weight excluding hydrogens is 472 g/mol. The zero-order valence-electron chi connectivity index (χ0n) is 25.6. The van der Waals surface area contributed by atoms with Gasteiger partial charge in [0.2, 0.25) is 0 Å². The predicted octanol–water partition coefficient (Wildman–Crippen LogP) is 10.5. The number of unbranched alkanes of at least 4 members (excludes halogenated alkanes) is 20. The minimum atomic E-state index is -0.304. The minimum Gasteiger partial charge on any atom is -0.465 e. The summed E-state index contributed by atoms with van der Waals surface area (Å²) < 4.78 is 11.2. The Morgan fingerprint density at radius 2 is 0.711 bits per heavy atom. The van der Waals surface area contributed by atoms with Crippen LogP contribution in [0.1, 0.15) is 181 Å². The van der Waals surface area contributed by atoms with E-state index in [9.17, 15) is 9.59 Å². The fourth-order valence-corrected chi connectivity index (χ4v) is 5.79. The van der Waals surface area contributed by atoms with Gasteiger partial charge in [-0.3, -0.25) is 9.59 Å². The Labute approximate surface area is 236 Å². The summed E-state index contributed by atoms with van der Waals surface area (Å²) in [5.41, 5.74) is 0. The van der Waals surface area contributed by atoms with Crippen molar-refractivity contribution in [3.05, 3.63) is 0 Å². The molecule has 0 heterocycles. The normalized spacial score (nSPS) is 17.4. The molecule has 1 fully saturated rings. The van der Waals surface area contributed by atoms with E-state index >= 15 is 0 Å². The number of hydrogen-bond acceptors (Lipinski definition) is 4. The van der Waals surface area contributed by atoms with Gasteiger partial charge in [-0.1, -0.05) is 155 Å². The topological polar surface area (TPSA) is 52.6 Å². The van der Waals surface area contributed by atoms with Crippen LogP contribution in [-0.2, 0) is 19.1 Å². The van der Waals surface area contributed by atoms with Crippen LogP contribution in [-0.4, -0.2) is 25.2 Å². The van der Waals surface area contributed by atoms with E-state index in [0.29, 0.717) is 13.2 Å². The molecule has 0 bridgehead atoms. The third-order valence-corrected chi connectivity index (χ3v) is 8.36. The molecule has 0 spiro atoms. The highest BCUT2D eigenvalue weighted by Crippen LogP contribution is 2.32. The monoisotopic (exact) mass is 536 g/mol. The average molecular weight is 537 g/mol. The van der Waals surface area contributed by atoms with Crippen molar-refractivity contribution in [3.63, 3.8) is 0 Å². The first-order valence-corrected chi connectivity index (χ1v) is 17.0. The van der Waals surface area contributed by atoms with Crippen LogP contribution < -0.4 is 0 Å². The highest BCUT2D eigenvalue weighted by atomic mass is 16.5. The number of esters is 2. The van der Waals surface area contributed by atoms with Crippen LogP contribution in [0.2, 0.25) is 0 Å². The van der Waals surface area contributed by atoms with Crippen molar-refractivity contribution in [2.45, 2.75) is 181 Å². The second-order valence-electron chi connectivity index (χ2n) is 11.9. The molecule has 1 rings (SSSR count). The number of carbonyl (C=O) groups excluding carboxylic acids is 2. The largest absolute Gasteiger partial charge is 0.465 e. The van der Waals surface area contributed by atoms with Gasteiger partial charge in [0.05, 0.1) is 25.0 Å². The molecule has 4 heteroatoms. The van der Waals surface area contributed by atoms with E-state index in [2.05, 4.69) is 13.8 Å². The van der Waals surface area contributed by atoms with E-state index in [1.54, 1.807) is 0 Å². The van der Waals surface area contributed by atoms with Crippen LogP contribution in [0.5, 0.6) is 0 Å². The van der Waals surface area contributed by atoms with Gasteiger partial charge in [-0.2, -0.15) is 0 Å². The van der Waals surface area contributed by atoms with Gasteiger partial charge in [0.1, 0.15) is 0 Å². The average Bonchev–Trinajstić information content (AvgIpc) is 2.94. The second kappa shape index (κ2) is 26.2. The van der Waals surface area contributed by atoms with Gasteiger partial charge < -0.3 is 9.47 Å². The lowest BCUT2D eigenvalue weighted by atomic mass is 9.79.